The van der Waals surface area contributed by atoms with Crippen LogP contribution >= 0.6 is 0 Å². The van der Waals surface area contributed by atoms with E-state index in [1.54, 1.807) is 6.29 Å². The first kappa shape index (κ1) is 7.46. The van der Waals surface area contributed by atoms with Gasteiger partial charge in [0.25, 0.3) is 0 Å². The first-order valence-corrected chi connectivity index (χ1v) is 2.92. The topological polar surface area (TPSA) is 78.0 Å². The van der Waals surface area contributed by atoms with Gasteiger partial charge in [0, 0.05) is 6.20 Å². The first-order valence-electron chi connectivity index (χ1n) is 2.92. The zero-order valence-electron chi connectivity index (χ0n) is 5.65. The maximum atomic E-state index is 10.8. The lowest BCUT2D eigenvalue weighted by atomic mass is 10.5. The van der Waals surface area contributed by atoms with Crippen LogP contribution in [0.4, 0.5) is 5.82 Å². The number of anilines is 1. The van der Waals surface area contributed by atoms with E-state index in [2.05, 4.69) is 4.98 Å². The van der Waals surface area contributed by atoms with Crippen LogP contribution in [0.25, 0.3) is 0 Å². The van der Waals surface area contributed by atoms with E-state index in [4.69, 9.17) is 5.73 Å². The van der Waals surface area contributed by atoms with Crippen LogP contribution in [-0.2, 0) is 11.3 Å². The number of rotatable bonds is 2. The summed E-state index contributed by atoms with van der Waals surface area (Å²) < 4.78 is 1.11. The Morgan fingerprint density at radius 2 is 2.45 bits per heavy atom. The van der Waals surface area contributed by atoms with Crippen LogP contribution in [0, 0.1) is 0 Å². The van der Waals surface area contributed by atoms with Crippen LogP contribution in [0.15, 0.2) is 17.1 Å². The molecule has 11 heavy (non-hydrogen) atoms. The van der Waals surface area contributed by atoms with Gasteiger partial charge in [-0.15, -0.1) is 0 Å². The molecule has 0 aromatic carbocycles. The molecular weight excluding hydrogens is 146 g/mol. The summed E-state index contributed by atoms with van der Waals surface area (Å²) in [5.74, 6) is 0.150. The Morgan fingerprint density at radius 3 is 3.00 bits per heavy atom. The minimum atomic E-state index is -0.534. The van der Waals surface area contributed by atoms with Crippen molar-refractivity contribution in [3.8, 4) is 0 Å². The molecule has 57 valence electrons. The lowest BCUT2D eigenvalue weighted by Gasteiger charge is -1.96. The van der Waals surface area contributed by atoms with E-state index in [9.17, 15) is 9.59 Å². The highest BCUT2D eigenvalue weighted by atomic mass is 16.1. The number of nitrogen functional groups attached to an aromatic ring is 1. The summed E-state index contributed by atoms with van der Waals surface area (Å²) in [6.45, 7) is -0.105. The molecule has 1 radical (unpaired) electrons. The second-order valence-electron chi connectivity index (χ2n) is 1.91. The van der Waals surface area contributed by atoms with Gasteiger partial charge in [-0.3, -0.25) is 9.36 Å². The molecule has 0 saturated carbocycles. The smallest absolute Gasteiger partial charge is 0.349 e. The standard InChI is InChI=1S/C6H6N3O2/c7-5-1-2-9(3-4-10)6(11)8-5/h1-2H,3H2,(H2,7,8,11). The molecule has 0 atom stereocenters. The predicted octanol–water partition coefficient (Wildman–Crippen LogP) is -1.06. The molecule has 0 fully saturated rings. The van der Waals surface area contributed by atoms with E-state index in [1.165, 1.54) is 12.3 Å². The SMILES string of the molecule is Nc1ccn(C[C]=O)c(=O)n1. The van der Waals surface area contributed by atoms with Gasteiger partial charge in [-0.25, -0.2) is 4.79 Å². The first-order chi connectivity index (χ1) is 5.24. The molecule has 2 N–H and O–H groups in total. The lowest BCUT2D eigenvalue weighted by Crippen LogP contribution is -2.23. The fraction of sp³-hybridized carbons (Fsp3) is 0.167. The Bertz CT molecular complexity index is 318. The van der Waals surface area contributed by atoms with Crippen molar-refractivity contribution in [3.05, 3.63) is 22.7 Å². The fourth-order valence-corrected chi connectivity index (χ4v) is 0.632. The molecule has 5 heteroatoms. The third kappa shape index (κ3) is 1.64. The van der Waals surface area contributed by atoms with Gasteiger partial charge >= 0.3 is 5.69 Å². The molecule has 0 aliphatic heterocycles. The highest BCUT2D eigenvalue weighted by Gasteiger charge is 1.95. The van der Waals surface area contributed by atoms with Gasteiger partial charge < -0.3 is 5.73 Å². The molecule has 0 unspecified atom stereocenters. The lowest BCUT2D eigenvalue weighted by molar-refractivity contribution is 0.542. The Kier molecular flexibility index (Phi) is 2.00. The van der Waals surface area contributed by atoms with Crippen molar-refractivity contribution in [2.75, 3.05) is 5.73 Å². The van der Waals surface area contributed by atoms with Gasteiger partial charge in [0.05, 0.1) is 6.54 Å². The van der Waals surface area contributed by atoms with Gasteiger partial charge in [-0.1, -0.05) is 0 Å². The second kappa shape index (κ2) is 2.96. The van der Waals surface area contributed by atoms with Gasteiger partial charge in [-0.2, -0.15) is 4.98 Å². The molecule has 0 aliphatic carbocycles. The monoisotopic (exact) mass is 152 g/mol. The average Bonchev–Trinajstić information content (AvgIpc) is 1.95. The quantitative estimate of drug-likeness (QED) is 0.585. The van der Waals surface area contributed by atoms with E-state index in [0.717, 1.165) is 4.57 Å². The minimum Gasteiger partial charge on any atom is -0.383 e. The zero-order chi connectivity index (χ0) is 8.27. The van der Waals surface area contributed by atoms with Crippen molar-refractivity contribution < 1.29 is 4.79 Å². The Hall–Kier alpha value is -1.65. The summed E-state index contributed by atoms with van der Waals surface area (Å²) in [4.78, 5) is 24.1. The normalized spacial score (nSPS) is 9.45. The Labute approximate surface area is 62.5 Å². The Morgan fingerprint density at radius 1 is 1.73 bits per heavy atom. The molecule has 0 bridgehead atoms. The second-order valence-corrected chi connectivity index (χ2v) is 1.91. The van der Waals surface area contributed by atoms with Gasteiger partial charge in [0.2, 0.25) is 6.29 Å². The van der Waals surface area contributed by atoms with Gasteiger partial charge in [0.15, 0.2) is 0 Å². The summed E-state index contributed by atoms with van der Waals surface area (Å²) in [6.07, 6.45) is 2.97. The highest BCUT2D eigenvalue weighted by molar-refractivity contribution is 5.50. The number of nitrogens with zero attached hydrogens (tertiary/aromatic N) is 2. The van der Waals surface area contributed by atoms with Crippen LogP contribution < -0.4 is 11.4 Å². The number of hydrogen-bond donors (Lipinski definition) is 1. The minimum absolute atomic E-state index is 0.105. The van der Waals surface area contributed by atoms with Gasteiger partial charge in [-0.05, 0) is 6.07 Å². The van der Waals surface area contributed by atoms with Crippen molar-refractivity contribution in [3.63, 3.8) is 0 Å². The predicted molar refractivity (Wildman–Crippen MR) is 38.6 cm³/mol. The van der Waals surface area contributed by atoms with E-state index >= 15 is 0 Å². The molecule has 1 rings (SSSR count). The summed E-state index contributed by atoms with van der Waals surface area (Å²) in [5.41, 5.74) is 4.67. The molecule has 0 aliphatic rings. The molecule has 0 saturated heterocycles. The third-order valence-corrected chi connectivity index (χ3v) is 1.13. The Balaban J connectivity index is 3.09. The molecule has 5 nitrogen and oxygen atoms in total. The van der Waals surface area contributed by atoms with E-state index in [1.807, 2.05) is 0 Å². The maximum Gasteiger partial charge on any atom is 0.349 e. The third-order valence-electron chi connectivity index (χ3n) is 1.13. The number of nitrogens with two attached hydrogens (primary N) is 1. The average molecular weight is 152 g/mol. The summed E-state index contributed by atoms with van der Waals surface area (Å²) in [5, 5.41) is 0. The zero-order valence-corrected chi connectivity index (χ0v) is 5.65. The number of aromatic nitrogens is 2. The largest absolute Gasteiger partial charge is 0.383 e. The molecule has 1 heterocycles. The molecule has 1 aromatic rings. The highest BCUT2D eigenvalue weighted by Crippen LogP contribution is 1.87. The van der Waals surface area contributed by atoms with Crippen molar-refractivity contribution in [2.24, 2.45) is 0 Å². The van der Waals surface area contributed by atoms with Gasteiger partial charge in [0.1, 0.15) is 5.82 Å². The summed E-state index contributed by atoms with van der Waals surface area (Å²) >= 11 is 0. The van der Waals surface area contributed by atoms with E-state index in [0.29, 0.717) is 0 Å². The van der Waals surface area contributed by atoms with Crippen LogP contribution in [-0.4, -0.2) is 15.8 Å². The van der Waals surface area contributed by atoms with Crippen molar-refractivity contribution >= 4 is 12.1 Å². The van der Waals surface area contributed by atoms with Crippen LogP contribution in [0.5, 0.6) is 0 Å². The van der Waals surface area contributed by atoms with Crippen molar-refractivity contribution in [1.82, 2.24) is 9.55 Å². The summed E-state index contributed by atoms with van der Waals surface area (Å²) in [6, 6.07) is 1.44. The van der Waals surface area contributed by atoms with Crippen molar-refractivity contribution in [1.29, 1.82) is 0 Å². The molecule has 0 spiro atoms. The molecule has 0 amide bonds. The number of hydrogen-bond acceptors (Lipinski definition) is 4. The van der Waals surface area contributed by atoms with E-state index < -0.39 is 5.69 Å². The number of carbonyl (C=O) groups excluding carboxylic acids is 1. The maximum absolute atomic E-state index is 10.8. The van der Waals surface area contributed by atoms with Crippen molar-refractivity contribution in [2.45, 2.75) is 6.54 Å². The van der Waals surface area contributed by atoms with E-state index in [-0.39, 0.29) is 12.4 Å². The summed E-state index contributed by atoms with van der Waals surface area (Å²) in [7, 11) is 0. The van der Waals surface area contributed by atoms with Crippen LogP contribution in [0.1, 0.15) is 0 Å². The van der Waals surface area contributed by atoms with Crippen LogP contribution in [0.2, 0.25) is 0 Å². The van der Waals surface area contributed by atoms with Crippen LogP contribution in [0.3, 0.4) is 0 Å². The molecular formula is C6H6N3O2. The molecule has 1 aromatic heterocycles. The fourth-order valence-electron chi connectivity index (χ4n) is 0.632.